The number of azo groups is 1. The molecule has 1 aliphatic heterocycles. The van der Waals surface area contributed by atoms with Crippen LogP contribution in [0.25, 0.3) is 22.2 Å². The smallest absolute Gasteiger partial charge is 0.293 e. The maximum absolute atomic E-state index is 12.4. The molecule has 0 spiro atoms. The van der Waals surface area contributed by atoms with Gasteiger partial charge in [0.05, 0.1) is 5.56 Å². The molecule has 0 saturated heterocycles. The Hall–Kier alpha value is -3.20. The first-order valence-electron chi connectivity index (χ1n) is 7.87. The topological polar surface area (TPSA) is 209 Å². The molecular weight excluding hydrogens is 422 g/mol. The van der Waals surface area contributed by atoms with Gasteiger partial charge in [-0.1, -0.05) is 18.2 Å². The molecule has 0 saturated carbocycles. The van der Waals surface area contributed by atoms with Crippen LogP contribution in [-0.4, -0.2) is 34.3 Å². The molecule has 2 heterocycles. The minimum absolute atomic E-state index is 0.0560. The first-order valence-corrected chi connectivity index (χ1v) is 11.0. The van der Waals surface area contributed by atoms with Crippen LogP contribution in [0.15, 0.2) is 59.8 Å². The fraction of sp³-hybridized carbons (Fsp3) is 0.0667. The van der Waals surface area contributed by atoms with E-state index in [0.29, 0.717) is 16.7 Å². The lowest BCUT2D eigenvalue weighted by molar-refractivity contribution is 0.584. The van der Waals surface area contributed by atoms with Crippen molar-refractivity contribution >= 4 is 43.0 Å². The van der Waals surface area contributed by atoms with Crippen molar-refractivity contribution in [2.75, 3.05) is 12.4 Å². The summed E-state index contributed by atoms with van der Waals surface area (Å²) in [6.07, 6.45) is 0. The van der Waals surface area contributed by atoms with E-state index in [4.69, 9.17) is 20.4 Å². The number of aromatic nitrogens is 1. The maximum Gasteiger partial charge on any atom is 0.293 e. The standard InChI is InChI=1S/C15H13N7O5S2/c16-15-21-12-8(2-1-3-9(12)27-15)7-4-5-10(28(17,23)24)13(29(18,25)26)11(7)14-19-6-20-22-14/h1-5H,6H2,(H2,16,21)(H2,17,23,24)(H2,18,25,26). The van der Waals surface area contributed by atoms with E-state index in [1.54, 1.807) is 18.2 Å². The number of nitrogen functional groups attached to an aromatic ring is 1. The summed E-state index contributed by atoms with van der Waals surface area (Å²) in [4.78, 5) is 6.73. The molecule has 0 unspecified atom stereocenters. The van der Waals surface area contributed by atoms with Crippen molar-refractivity contribution in [1.82, 2.24) is 4.98 Å². The predicted octanol–water partition coefficient (Wildman–Crippen LogP) is 0.542. The Bertz CT molecular complexity index is 1440. The zero-order valence-corrected chi connectivity index (χ0v) is 16.1. The molecule has 0 amide bonds. The molecule has 0 radical (unpaired) electrons. The molecule has 0 fully saturated rings. The first-order chi connectivity index (χ1) is 13.6. The van der Waals surface area contributed by atoms with Crippen LogP contribution in [0.5, 0.6) is 0 Å². The van der Waals surface area contributed by atoms with Gasteiger partial charge in [0.15, 0.2) is 18.1 Å². The summed E-state index contributed by atoms with van der Waals surface area (Å²) in [6, 6.07) is 7.18. The molecule has 14 heteroatoms. The van der Waals surface area contributed by atoms with Crippen molar-refractivity contribution in [2.24, 2.45) is 25.5 Å². The zero-order valence-electron chi connectivity index (χ0n) is 14.5. The Morgan fingerprint density at radius 1 is 0.966 bits per heavy atom. The van der Waals surface area contributed by atoms with E-state index in [1.807, 2.05) is 0 Å². The highest BCUT2D eigenvalue weighted by atomic mass is 32.2. The van der Waals surface area contributed by atoms with Gasteiger partial charge in [0.25, 0.3) is 6.01 Å². The minimum Gasteiger partial charge on any atom is -0.424 e. The number of anilines is 1. The number of nitrogens with zero attached hydrogens (tertiary/aromatic N) is 4. The van der Waals surface area contributed by atoms with E-state index in [2.05, 4.69) is 20.2 Å². The number of nitrogens with two attached hydrogens (primary N) is 3. The highest BCUT2D eigenvalue weighted by Gasteiger charge is 2.31. The van der Waals surface area contributed by atoms with Crippen molar-refractivity contribution in [1.29, 1.82) is 0 Å². The van der Waals surface area contributed by atoms with E-state index in [0.717, 1.165) is 6.07 Å². The van der Waals surface area contributed by atoms with Crippen LogP contribution < -0.4 is 16.0 Å². The Morgan fingerprint density at radius 3 is 2.34 bits per heavy atom. The van der Waals surface area contributed by atoms with E-state index in [1.165, 1.54) is 6.07 Å². The van der Waals surface area contributed by atoms with Gasteiger partial charge in [0.1, 0.15) is 15.3 Å². The van der Waals surface area contributed by atoms with Crippen molar-refractivity contribution in [2.45, 2.75) is 9.79 Å². The molecule has 150 valence electrons. The number of aliphatic imine (C=N–C) groups is 1. The normalized spacial score (nSPS) is 14.5. The summed E-state index contributed by atoms with van der Waals surface area (Å²) in [5.74, 6) is -0.108. The molecule has 1 aliphatic rings. The SMILES string of the molecule is Nc1nc2c(-c3ccc(S(N)(=O)=O)c(S(N)(=O)=O)c3C3=NCN=N3)cccc2o1. The molecule has 29 heavy (non-hydrogen) atoms. The summed E-state index contributed by atoms with van der Waals surface area (Å²) >= 11 is 0. The van der Waals surface area contributed by atoms with Gasteiger partial charge >= 0.3 is 0 Å². The Kier molecular flexibility index (Phi) is 4.23. The monoisotopic (exact) mass is 435 g/mol. The van der Waals surface area contributed by atoms with E-state index in [9.17, 15) is 16.8 Å². The molecular formula is C15H13N7O5S2. The summed E-state index contributed by atoms with van der Waals surface area (Å²) in [6.45, 7) is -0.0560. The highest BCUT2D eigenvalue weighted by molar-refractivity contribution is 7.92. The van der Waals surface area contributed by atoms with E-state index < -0.39 is 29.8 Å². The summed E-state index contributed by atoms with van der Waals surface area (Å²) < 4.78 is 54.2. The lowest BCUT2D eigenvalue weighted by Crippen LogP contribution is -2.24. The molecule has 2 aromatic carbocycles. The molecule has 0 atom stereocenters. The van der Waals surface area contributed by atoms with Gasteiger partial charge in [0.2, 0.25) is 20.0 Å². The fourth-order valence-electron chi connectivity index (χ4n) is 3.06. The third-order valence-electron chi connectivity index (χ3n) is 4.11. The Balaban J connectivity index is 2.20. The third-order valence-corrected chi connectivity index (χ3v) is 6.19. The number of hydrogen-bond acceptors (Lipinski definition) is 10. The molecule has 0 bridgehead atoms. The van der Waals surface area contributed by atoms with E-state index >= 15 is 0 Å². The lowest BCUT2D eigenvalue weighted by Gasteiger charge is -2.15. The van der Waals surface area contributed by atoms with Gasteiger partial charge in [-0.05, 0) is 17.7 Å². The number of hydrogen-bond donors (Lipinski definition) is 3. The van der Waals surface area contributed by atoms with Crippen molar-refractivity contribution < 1.29 is 21.3 Å². The van der Waals surface area contributed by atoms with Crippen LogP contribution >= 0.6 is 0 Å². The molecule has 12 nitrogen and oxygen atoms in total. The summed E-state index contributed by atoms with van der Waals surface area (Å²) in [5, 5.41) is 18.1. The van der Waals surface area contributed by atoms with Crippen LogP contribution in [-0.2, 0) is 20.0 Å². The highest BCUT2D eigenvalue weighted by Crippen LogP contribution is 2.37. The number of amidine groups is 1. The van der Waals surface area contributed by atoms with Crippen LogP contribution in [0.4, 0.5) is 6.01 Å². The van der Waals surface area contributed by atoms with Crippen molar-refractivity contribution in [3.05, 3.63) is 35.9 Å². The van der Waals surface area contributed by atoms with E-state index in [-0.39, 0.29) is 29.6 Å². The number of sulfonamides is 2. The van der Waals surface area contributed by atoms with Crippen molar-refractivity contribution in [3.63, 3.8) is 0 Å². The second-order valence-corrected chi connectivity index (χ2v) is 9.00. The van der Waals surface area contributed by atoms with Gasteiger partial charge in [0, 0.05) is 5.56 Å². The quantitative estimate of drug-likeness (QED) is 0.529. The van der Waals surface area contributed by atoms with Gasteiger partial charge in [-0.3, -0.25) is 0 Å². The maximum atomic E-state index is 12.4. The summed E-state index contributed by atoms with van der Waals surface area (Å²) in [5.41, 5.74) is 6.77. The largest absolute Gasteiger partial charge is 0.424 e. The van der Waals surface area contributed by atoms with Crippen LogP contribution in [0.2, 0.25) is 0 Å². The minimum atomic E-state index is -4.57. The Labute approximate surface area is 164 Å². The van der Waals surface area contributed by atoms with Crippen molar-refractivity contribution in [3.8, 4) is 11.1 Å². The molecule has 4 rings (SSSR count). The first kappa shape index (κ1) is 19.1. The molecule has 3 aromatic rings. The number of oxazole rings is 1. The average Bonchev–Trinajstić information content (AvgIpc) is 3.27. The van der Waals surface area contributed by atoms with Gasteiger partial charge in [-0.2, -0.15) is 10.1 Å². The number of fused-ring (bicyclic) bond motifs is 1. The van der Waals surface area contributed by atoms with Crippen LogP contribution in [0.1, 0.15) is 5.56 Å². The third kappa shape index (κ3) is 3.27. The molecule has 6 N–H and O–H groups in total. The summed E-state index contributed by atoms with van der Waals surface area (Å²) in [7, 11) is -9.02. The molecule has 0 aliphatic carbocycles. The number of benzene rings is 2. The lowest BCUT2D eigenvalue weighted by atomic mass is 9.97. The number of primary sulfonamides is 2. The van der Waals surface area contributed by atoms with Gasteiger partial charge in [-0.25, -0.2) is 32.1 Å². The zero-order chi connectivity index (χ0) is 21.0. The second-order valence-electron chi connectivity index (χ2n) is 5.97. The number of rotatable bonds is 4. The van der Waals surface area contributed by atoms with Gasteiger partial charge < -0.3 is 10.2 Å². The predicted molar refractivity (Wildman–Crippen MR) is 103 cm³/mol. The number of para-hydroxylation sites is 1. The average molecular weight is 435 g/mol. The molecule has 1 aromatic heterocycles. The Morgan fingerprint density at radius 2 is 1.72 bits per heavy atom. The fourth-order valence-corrected chi connectivity index (χ4v) is 5.21. The van der Waals surface area contributed by atoms with Crippen LogP contribution in [0.3, 0.4) is 0 Å². The van der Waals surface area contributed by atoms with Crippen LogP contribution in [0, 0.1) is 0 Å². The second kappa shape index (κ2) is 6.41. The van der Waals surface area contributed by atoms with Gasteiger partial charge in [-0.15, -0.1) is 5.11 Å².